The van der Waals surface area contributed by atoms with Gasteiger partial charge in [-0.05, 0) is 24.6 Å². The molecule has 0 saturated carbocycles. The number of benzene rings is 1. The van der Waals surface area contributed by atoms with Crippen LogP contribution in [0.1, 0.15) is 32.6 Å². The lowest BCUT2D eigenvalue weighted by Gasteiger charge is -2.00. The Balaban J connectivity index is 1.91. The molecule has 2 aromatic rings. The monoisotopic (exact) mass is 250 g/mol. The van der Waals surface area contributed by atoms with Crippen molar-refractivity contribution in [3.05, 3.63) is 18.2 Å². The van der Waals surface area contributed by atoms with E-state index >= 15 is 0 Å². The van der Waals surface area contributed by atoms with Crippen molar-refractivity contribution in [1.82, 2.24) is 4.98 Å². The molecule has 0 bridgehead atoms. The minimum atomic E-state index is 0.302. The third kappa shape index (κ3) is 3.33. The Bertz CT molecular complexity index is 481. The number of hydrogen-bond donors (Lipinski definition) is 2. The van der Waals surface area contributed by atoms with Gasteiger partial charge >= 0.3 is 0 Å². The molecular formula is C13H18N2OS. The zero-order valence-corrected chi connectivity index (χ0v) is 10.9. The number of phenolic OH excluding ortho intramolecular Hbond substituents is 1. The first-order chi connectivity index (χ1) is 8.29. The molecule has 0 unspecified atom stereocenters. The number of fused-ring (bicyclic) bond motifs is 1. The molecule has 4 heteroatoms. The molecule has 0 fully saturated rings. The Morgan fingerprint density at radius 3 is 3.00 bits per heavy atom. The molecule has 1 heterocycles. The third-order valence-electron chi connectivity index (χ3n) is 2.68. The molecule has 0 radical (unpaired) electrons. The Kier molecular flexibility index (Phi) is 4.20. The van der Waals surface area contributed by atoms with E-state index in [9.17, 15) is 5.11 Å². The van der Waals surface area contributed by atoms with Crippen molar-refractivity contribution in [2.75, 3.05) is 11.9 Å². The van der Waals surface area contributed by atoms with Crippen LogP contribution in [-0.2, 0) is 0 Å². The van der Waals surface area contributed by atoms with E-state index in [1.54, 1.807) is 23.5 Å². The number of thiazole rings is 1. The molecule has 0 saturated heterocycles. The molecule has 0 spiro atoms. The van der Waals surface area contributed by atoms with E-state index in [1.807, 2.05) is 6.07 Å². The van der Waals surface area contributed by atoms with Gasteiger partial charge in [0, 0.05) is 6.54 Å². The number of hydrogen-bond acceptors (Lipinski definition) is 4. The molecule has 92 valence electrons. The van der Waals surface area contributed by atoms with E-state index in [4.69, 9.17) is 0 Å². The molecule has 0 aliphatic rings. The zero-order valence-electron chi connectivity index (χ0n) is 10.1. The van der Waals surface area contributed by atoms with E-state index in [0.29, 0.717) is 5.75 Å². The van der Waals surface area contributed by atoms with Crippen LogP contribution in [0.2, 0.25) is 0 Å². The smallest absolute Gasteiger partial charge is 0.183 e. The fourth-order valence-corrected chi connectivity index (χ4v) is 2.66. The normalized spacial score (nSPS) is 10.9. The first kappa shape index (κ1) is 12.2. The van der Waals surface area contributed by atoms with E-state index < -0.39 is 0 Å². The fraction of sp³-hybridized carbons (Fsp3) is 0.462. The second-order valence-electron chi connectivity index (χ2n) is 4.16. The van der Waals surface area contributed by atoms with Gasteiger partial charge in [0.15, 0.2) is 5.13 Å². The van der Waals surface area contributed by atoms with Crippen LogP contribution >= 0.6 is 11.3 Å². The molecule has 0 aliphatic carbocycles. The van der Waals surface area contributed by atoms with Gasteiger partial charge in [0.05, 0.1) is 10.2 Å². The van der Waals surface area contributed by atoms with Crippen LogP contribution in [0.4, 0.5) is 5.13 Å². The van der Waals surface area contributed by atoms with Crippen molar-refractivity contribution in [1.29, 1.82) is 0 Å². The topological polar surface area (TPSA) is 45.2 Å². The number of nitrogens with one attached hydrogen (secondary N) is 1. The van der Waals surface area contributed by atoms with Gasteiger partial charge in [-0.3, -0.25) is 0 Å². The summed E-state index contributed by atoms with van der Waals surface area (Å²) in [7, 11) is 0. The molecule has 1 aromatic carbocycles. The van der Waals surface area contributed by atoms with E-state index in [-0.39, 0.29) is 0 Å². The molecule has 3 nitrogen and oxygen atoms in total. The highest BCUT2D eigenvalue weighted by atomic mass is 32.1. The van der Waals surface area contributed by atoms with Gasteiger partial charge in [-0.2, -0.15) is 0 Å². The lowest BCUT2D eigenvalue weighted by molar-refractivity contribution is 0.476. The molecule has 17 heavy (non-hydrogen) atoms. The minimum Gasteiger partial charge on any atom is -0.508 e. The van der Waals surface area contributed by atoms with Crippen molar-refractivity contribution in [2.45, 2.75) is 32.6 Å². The Morgan fingerprint density at radius 1 is 1.29 bits per heavy atom. The number of phenols is 1. The molecule has 1 aromatic heterocycles. The predicted molar refractivity (Wildman–Crippen MR) is 73.9 cm³/mol. The highest BCUT2D eigenvalue weighted by Gasteiger charge is 2.03. The standard InChI is InChI=1S/C13H18N2OS/c1-2-3-4-5-8-14-13-15-11-7-6-10(16)9-12(11)17-13/h6-7,9,16H,2-5,8H2,1H3,(H,14,15). The zero-order chi connectivity index (χ0) is 12.1. The van der Waals surface area contributed by atoms with E-state index in [2.05, 4.69) is 17.2 Å². The van der Waals surface area contributed by atoms with Crippen LogP contribution < -0.4 is 5.32 Å². The van der Waals surface area contributed by atoms with Crippen LogP contribution in [0.25, 0.3) is 10.2 Å². The van der Waals surface area contributed by atoms with Gasteiger partial charge < -0.3 is 10.4 Å². The molecule has 0 atom stereocenters. The summed E-state index contributed by atoms with van der Waals surface area (Å²) in [5.74, 6) is 0.302. The number of nitrogens with zero attached hydrogens (tertiary/aromatic N) is 1. The Labute approximate surface area is 106 Å². The molecule has 0 aliphatic heterocycles. The third-order valence-corrected chi connectivity index (χ3v) is 3.65. The Hall–Kier alpha value is -1.29. The number of aromatic hydroxyl groups is 1. The molecule has 2 rings (SSSR count). The van der Waals surface area contributed by atoms with Crippen molar-refractivity contribution in [3.8, 4) is 5.75 Å². The van der Waals surface area contributed by atoms with Crippen LogP contribution in [0, 0.1) is 0 Å². The average molecular weight is 250 g/mol. The van der Waals surface area contributed by atoms with Gasteiger partial charge in [0.25, 0.3) is 0 Å². The van der Waals surface area contributed by atoms with E-state index in [1.165, 1.54) is 25.7 Å². The summed E-state index contributed by atoms with van der Waals surface area (Å²) >= 11 is 1.59. The van der Waals surface area contributed by atoms with E-state index in [0.717, 1.165) is 21.9 Å². The second-order valence-corrected chi connectivity index (χ2v) is 5.19. The lowest BCUT2D eigenvalue weighted by Crippen LogP contribution is -2.00. The average Bonchev–Trinajstić information content (AvgIpc) is 2.70. The van der Waals surface area contributed by atoms with Gasteiger partial charge in [-0.1, -0.05) is 37.5 Å². The number of aromatic nitrogens is 1. The first-order valence-corrected chi connectivity index (χ1v) is 6.94. The van der Waals surface area contributed by atoms with Crippen LogP contribution in [-0.4, -0.2) is 16.6 Å². The molecule has 2 N–H and O–H groups in total. The summed E-state index contributed by atoms with van der Waals surface area (Å²) in [6.45, 7) is 3.19. The summed E-state index contributed by atoms with van der Waals surface area (Å²) < 4.78 is 1.03. The van der Waals surface area contributed by atoms with Gasteiger partial charge in [0.2, 0.25) is 0 Å². The van der Waals surface area contributed by atoms with Crippen molar-refractivity contribution in [3.63, 3.8) is 0 Å². The number of anilines is 1. The largest absolute Gasteiger partial charge is 0.508 e. The SMILES string of the molecule is CCCCCCNc1nc2ccc(O)cc2s1. The number of unbranched alkanes of at least 4 members (excludes halogenated alkanes) is 3. The maximum Gasteiger partial charge on any atom is 0.183 e. The summed E-state index contributed by atoms with van der Waals surface area (Å²) in [4.78, 5) is 4.47. The summed E-state index contributed by atoms with van der Waals surface area (Å²) in [5.41, 5.74) is 0.948. The fourth-order valence-electron chi connectivity index (χ4n) is 1.74. The second kappa shape index (κ2) is 5.87. The molecular weight excluding hydrogens is 232 g/mol. The first-order valence-electron chi connectivity index (χ1n) is 6.13. The van der Waals surface area contributed by atoms with Crippen LogP contribution in [0.3, 0.4) is 0 Å². The highest BCUT2D eigenvalue weighted by molar-refractivity contribution is 7.22. The quantitative estimate of drug-likeness (QED) is 0.762. The highest BCUT2D eigenvalue weighted by Crippen LogP contribution is 2.28. The summed E-state index contributed by atoms with van der Waals surface area (Å²) in [6.07, 6.45) is 5.03. The predicted octanol–water partition coefficient (Wildman–Crippen LogP) is 3.99. The lowest BCUT2D eigenvalue weighted by atomic mass is 10.2. The van der Waals surface area contributed by atoms with Gasteiger partial charge in [-0.25, -0.2) is 4.98 Å². The maximum absolute atomic E-state index is 9.37. The Morgan fingerprint density at radius 2 is 2.18 bits per heavy atom. The number of rotatable bonds is 6. The minimum absolute atomic E-state index is 0.302. The van der Waals surface area contributed by atoms with Crippen LogP contribution in [0.5, 0.6) is 5.75 Å². The van der Waals surface area contributed by atoms with Gasteiger partial charge in [-0.15, -0.1) is 0 Å². The summed E-state index contributed by atoms with van der Waals surface area (Å²) in [6, 6.07) is 5.28. The van der Waals surface area contributed by atoms with Crippen molar-refractivity contribution >= 4 is 26.7 Å². The molecule has 0 amide bonds. The summed E-state index contributed by atoms with van der Waals surface area (Å²) in [5, 5.41) is 13.7. The van der Waals surface area contributed by atoms with Crippen molar-refractivity contribution in [2.24, 2.45) is 0 Å². The van der Waals surface area contributed by atoms with Crippen LogP contribution in [0.15, 0.2) is 18.2 Å². The van der Waals surface area contributed by atoms with Gasteiger partial charge in [0.1, 0.15) is 5.75 Å². The van der Waals surface area contributed by atoms with Crippen molar-refractivity contribution < 1.29 is 5.11 Å². The maximum atomic E-state index is 9.37.